The second-order valence-electron chi connectivity index (χ2n) is 7.68. The van der Waals surface area contributed by atoms with Crippen molar-refractivity contribution in [3.8, 4) is 0 Å². The fourth-order valence-corrected chi connectivity index (χ4v) is 5.08. The summed E-state index contributed by atoms with van der Waals surface area (Å²) >= 11 is 1.63. The van der Waals surface area contributed by atoms with Crippen LogP contribution in [0.3, 0.4) is 0 Å². The van der Waals surface area contributed by atoms with E-state index in [-0.39, 0.29) is 11.5 Å². The van der Waals surface area contributed by atoms with E-state index in [1.54, 1.807) is 39.3 Å². The minimum Gasteiger partial charge on any atom is -0.299 e. The van der Waals surface area contributed by atoms with Crippen LogP contribution in [0.15, 0.2) is 42.0 Å². The van der Waals surface area contributed by atoms with Gasteiger partial charge in [0.1, 0.15) is 0 Å². The van der Waals surface area contributed by atoms with Crippen molar-refractivity contribution >= 4 is 33.3 Å². The Bertz CT molecular complexity index is 1120. The van der Waals surface area contributed by atoms with E-state index in [1.807, 2.05) is 19.1 Å². The molecule has 0 saturated heterocycles. The highest BCUT2D eigenvalue weighted by Crippen LogP contribution is 2.32. The van der Waals surface area contributed by atoms with Gasteiger partial charge in [-0.1, -0.05) is 18.2 Å². The number of para-hydroxylation sites is 1. The van der Waals surface area contributed by atoms with Crippen LogP contribution in [0.4, 0.5) is 5.13 Å². The highest BCUT2D eigenvalue weighted by atomic mass is 32.1. The number of thiazole rings is 1. The molecule has 1 aliphatic carbocycles. The van der Waals surface area contributed by atoms with Crippen LogP contribution in [-0.2, 0) is 24.2 Å². The van der Waals surface area contributed by atoms with Gasteiger partial charge in [-0.05, 0) is 50.7 Å². The molecule has 6 nitrogen and oxygen atoms in total. The van der Waals surface area contributed by atoms with Gasteiger partial charge >= 0.3 is 0 Å². The molecule has 0 radical (unpaired) electrons. The first kappa shape index (κ1) is 20.5. The van der Waals surface area contributed by atoms with Gasteiger partial charge in [-0.3, -0.25) is 19.1 Å². The standard InChI is InChI=1S/C23H26N4O2S/c1-3-13-27(23-25-18-10-4-5-11-19(18)30-23)20(28)12-7-14-26-15-24-21-16(2)8-6-9-17(21)22(26)29/h3,6,8-9,15H,1,4-5,7,10-14H2,2H3. The molecule has 2 heterocycles. The van der Waals surface area contributed by atoms with E-state index in [1.165, 1.54) is 17.7 Å². The number of benzene rings is 1. The lowest BCUT2D eigenvalue weighted by molar-refractivity contribution is -0.118. The highest BCUT2D eigenvalue weighted by Gasteiger charge is 2.22. The number of rotatable bonds is 7. The number of anilines is 1. The van der Waals surface area contributed by atoms with Gasteiger partial charge in [-0.25, -0.2) is 9.97 Å². The zero-order chi connectivity index (χ0) is 21.1. The Morgan fingerprint density at radius 3 is 2.97 bits per heavy atom. The first-order chi connectivity index (χ1) is 14.6. The molecule has 156 valence electrons. The third kappa shape index (κ3) is 4.07. The van der Waals surface area contributed by atoms with E-state index < -0.39 is 0 Å². The minimum absolute atomic E-state index is 0.0126. The van der Waals surface area contributed by atoms with Crippen LogP contribution in [0.25, 0.3) is 10.9 Å². The first-order valence-electron chi connectivity index (χ1n) is 10.4. The van der Waals surface area contributed by atoms with E-state index in [2.05, 4.69) is 11.6 Å². The number of fused-ring (bicyclic) bond motifs is 2. The van der Waals surface area contributed by atoms with Crippen LogP contribution in [0.2, 0.25) is 0 Å². The first-order valence-corrected chi connectivity index (χ1v) is 11.2. The van der Waals surface area contributed by atoms with Crippen LogP contribution in [0.1, 0.15) is 41.8 Å². The van der Waals surface area contributed by atoms with E-state index in [4.69, 9.17) is 4.98 Å². The summed E-state index contributed by atoms with van der Waals surface area (Å²) in [6.07, 6.45) is 8.64. The number of hydrogen-bond donors (Lipinski definition) is 0. The maximum atomic E-state index is 12.9. The lowest BCUT2D eigenvalue weighted by atomic mass is 10.0. The molecular weight excluding hydrogens is 396 g/mol. The Balaban J connectivity index is 1.45. The van der Waals surface area contributed by atoms with Crippen molar-refractivity contribution in [1.29, 1.82) is 0 Å². The van der Waals surface area contributed by atoms with Gasteiger partial charge in [-0.15, -0.1) is 17.9 Å². The molecule has 0 fully saturated rings. The molecular formula is C23H26N4O2S. The minimum atomic E-state index is -0.0632. The Morgan fingerprint density at radius 1 is 1.33 bits per heavy atom. The average molecular weight is 423 g/mol. The van der Waals surface area contributed by atoms with E-state index >= 15 is 0 Å². The smallest absolute Gasteiger partial charge is 0.261 e. The number of carbonyl (C=O) groups excluding carboxylic acids is 1. The van der Waals surface area contributed by atoms with Gasteiger partial charge in [0.25, 0.3) is 5.56 Å². The summed E-state index contributed by atoms with van der Waals surface area (Å²) in [4.78, 5) is 37.8. The molecule has 0 saturated carbocycles. The summed E-state index contributed by atoms with van der Waals surface area (Å²) < 4.78 is 1.59. The molecule has 4 rings (SSSR count). The molecule has 0 N–H and O–H groups in total. The number of carbonyl (C=O) groups is 1. The molecule has 2 aromatic heterocycles. The van der Waals surface area contributed by atoms with Crippen LogP contribution >= 0.6 is 11.3 Å². The number of nitrogens with zero attached hydrogens (tertiary/aromatic N) is 4. The van der Waals surface area contributed by atoms with Crippen molar-refractivity contribution in [2.75, 3.05) is 11.4 Å². The van der Waals surface area contributed by atoms with Crippen molar-refractivity contribution in [2.45, 2.75) is 52.0 Å². The van der Waals surface area contributed by atoms with Gasteiger partial charge < -0.3 is 0 Å². The Kier molecular flexibility index (Phi) is 6.08. The molecule has 30 heavy (non-hydrogen) atoms. The predicted octanol–water partition coefficient (Wildman–Crippen LogP) is 4.04. The van der Waals surface area contributed by atoms with Crippen LogP contribution in [0.5, 0.6) is 0 Å². The third-order valence-electron chi connectivity index (χ3n) is 5.52. The average Bonchev–Trinajstić information content (AvgIpc) is 3.18. The van der Waals surface area contributed by atoms with Crippen LogP contribution in [-0.4, -0.2) is 27.0 Å². The summed E-state index contributed by atoms with van der Waals surface area (Å²) in [6.45, 7) is 6.64. The van der Waals surface area contributed by atoms with Gasteiger partial charge in [0.05, 0.1) is 22.9 Å². The maximum Gasteiger partial charge on any atom is 0.261 e. The van der Waals surface area contributed by atoms with Gasteiger partial charge in [0.2, 0.25) is 5.91 Å². The lowest BCUT2D eigenvalue weighted by Crippen LogP contribution is -2.31. The van der Waals surface area contributed by atoms with Crippen molar-refractivity contribution in [3.63, 3.8) is 0 Å². The number of amides is 1. The number of aromatic nitrogens is 3. The Labute approximate surface area is 179 Å². The molecule has 3 aromatic rings. The summed E-state index contributed by atoms with van der Waals surface area (Å²) in [5.74, 6) is 0.0126. The van der Waals surface area contributed by atoms with E-state index in [0.29, 0.717) is 31.3 Å². The zero-order valence-corrected chi connectivity index (χ0v) is 18.1. The van der Waals surface area contributed by atoms with Crippen LogP contribution in [0, 0.1) is 6.92 Å². The summed E-state index contributed by atoms with van der Waals surface area (Å²) in [5.41, 5.74) is 2.80. The molecule has 7 heteroatoms. The van der Waals surface area contributed by atoms with Crippen molar-refractivity contribution in [3.05, 3.63) is 63.7 Å². The normalized spacial score (nSPS) is 13.2. The molecule has 0 atom stereocenters. The summed E-state index contributed by atoms with van der Waals surface area (Å²) in [5, 5.41) is 1.39. The SMILES string of the molecule is C=CCN(C(=O)CCCn1cnc2c(C)cccc2c1=O)c1nc2c(s1)CCCC2. The summed E-state index contributed by atoms with van der Waals surface area (Å²) in [7, 11) is 0. The Hall–Kier alpha value is -2.80. The van der Waals surface area contributed by atoms with Gasteiger partial charge in [0.15, 0.2) is 5.13 Å². The van der Waals surface area contributed by atoms with E-state index in [0.717, 1.165) is 34.7 Å². The highest BCUT2D eigenvalue weighted by molar-refractivity contribution is 7.16. The van der Waals surface area contributed by atoms with Crippen molar-refractivity contribution in [1.82, 2.24) is 14.5 Å². The van der Waals surface area contributed by atoms with Crippen LogP contribution < -0.4 is 10.5 Å². The molecule has 0 bridgehead atoms. The van der Waals surface area contributed by atoms with Gasteiger partial charge in [-0.2, -0.15) is 0 Å². The molecule has 1 aromatic carbocycles. The largest absolute Gasteiger partial charge is 0.299 e. The number of aryl methyl sites for hydroxylation is 4. The fourth-order valence-electron chi connectivity index (χ4n) is 3.90. The second kappa shape index (κ2) is 8.92. The monoisotopic (exact) mass is 422 g/mol. The molecule has 1 aliphatic rings. The van der Waals surface area contributed by atoms with E-state index in [9.17, 15) is 9.59 Å². The topological polar surface area (TPSA) is 68.1 Å². The lowest BCUT2D eigenvalue weighted by Gasteiger charge is -2.18. The zero-order valence-electron chi connectivity index (χ0n) is 17.3. The predicted molar refractivity (Wildman–Crippen MR) is 121 cm³/mol. The second-order valence-corrected chi connectivity index (χ2v) is 8.75. The third-order valence-corrected chi connectivity index (χ3v) is 6.70. The molecule has 0 unspecified atom stereocenters. The quantitative estimate of drug-likeness (QED) is 0.539. The molecule has 0 aliphatic heterocycles. The Morgan fingerprint density at radius 2 is 2.17 bits per heavy atom. The maximum absolute atomic E-state index is 12.9. The molecule has 0 spiro atoms. The summed E-state index contributed by atoms with van der Waals surface area (Å²) in [6, 6.07) is 5.62. The van der Waals surface area contributed by atoms with Crippen molar-refractivity contribution in [2.24, 2.45) is 0 Å². The fraction of sp³-hybridized carbons (Fsp3) is 0.391. The van der Waals surface area contributed by atoms with Crippen molar-refractivity contribution < 1.29 is 4.79 Å². The number of hydrogen-bond acceptors (Lipinski definition) is 5. The molecule has 1 amide bonds. The van der Waals surface area contributed by atoms with Gasteiger partial charge in [0, 0.05) is 24.4 Å².